The van der Waals surface area contributed by atoms with Crippen molar-refractivity contribution < 1.29 is 19.1 Å². The van der Waals surface area contributed by atoms with E-state index in [1.807, 2.05) is 54.6 Å². The Morgan fingerprint density at radius 1 is 1.11 bits per heavy atom. The molecule has 1 aliphatic rings. The molecule has 2 aromatic rings. The average molecular weight is 368 g/mol. The van der Waals surface area contributed by atoms with Gasteiger partial charge in [-0.25, -0.2) is 0 Å². The van der Waals surface area contributed by atoms with Crippen molar-refractivity contribution in [1.29, 1.82) is 0 Å². The molecular weight excluding hydrogens is 344 g/mol. The zero-order valence-electron chi connectivity index (χ0n) is 15.4. The van der Waals surface area contributed by atoms with Gasteiger partial charge in [0.15, 0.2) is 0 Å². The van der Waals surface area contributed by atoms with E-state index in [0.717, 1.165) is 17.1 Å². The van der Waals surface area contributed by atoms with Crippen LogP contribution in [-0.2, 0) is 16.1 Å². The Labute approximate surface area is 159 Å². The Hall–Kier alpha value is -3.02. The lowest BCUT2D eigenvalue weighted by atomic mass is 10.1. The van der Waals surface area contributed by atoms with Crippen LogP contribution in [0.4, 0.5) is 0 Å². The van der Waals surface area contributed by atoms with E-state index in [0.29, 0.717) is 26.2 Å². The zero-order valence-corrected chi connectivity index (χ0v) is 15.4. The maximum atomic E-state index is 12.3. The third-order valence-electron chi connectivity index (χ3n) is 4.58. The van der Waals surface area contributed by atoms with E-state index in [2.05, 4.69) is 5.32 Å². The Balaban J connectivity index is 1.42. The quantitative estimate of drug-likeness (QED) is 0.776. The van der Waals surface area contributed by atoms with Crippen LogP contribution < -0.4 is 14.8 Å². The van der Waals surface area contributed by atoms with E-state index in [4.69, 9.17) is 9.47 Å². The molecule has 2 aromatic carbocycles. The molecule has 1 fully saturated rings. The lowest BCUT2D eigenvalue weighted by Crippen LogP contribution is -2.34. The van der Waals surface area contributed by atoms with Gasteiger partial charge in [-0.1, -0.05) is 30.3 Å². The number of hydrogen-bond acceptors (Lipinski definition) is 4. The minimum absolute atomic E-state index is 0.00630. The molecule has 142 valence electrons. The fraction of sp³-hybridized carbons (Fsp3) is 0.333. The summed E-state index contributed by atoms with van der Waals surface area (Å²) in [5, 5.41) is 2.91. The van der Waals surface area contributed by atoms with E-state index in [1.165, 1.54) is 0 Å². The van der Waals surface area contributed by atoms with E-state index < -0.39 is 0 Å². The highest BCUT2D eigenvalue weighted by molar-refractivity contribution is 5.89. The van der Waals surface area contributed by atoms with Gasteiger partial charge >= 0.3 is 0 Å². The summed E-state index contributed by atoms with van der Waals surface area (Å²) in [6.07, 6.45) is 0.253. The number of hydrogen-bond donors (Lipinski definition) is 1. The molecule has 6 heteroatoms. The first-order valence-corrected chi connectivity index (χ1v) is 9.02. The van der Waals surface area contributed by atoms with Gasteiger partial charge in [0, 0.05) is 19.5 Å². The Kier molecular flexibility index (Phi) is 6.30. The minimum Gasteiger partial charge on any atom is -0.497 e. The van der Waals surface area contributed by atoms with Crippen LogP contribution in [0.5, 0.6) is 11.5 Å². The second-order valence-electron chi connectivity index (χ2n) is 6.47. The number of carbonyl (C=O) groups excluding carboxylic acids is 2. The molecule has 3 rings (SSSR count). The van der Waals surface area contributed by atoms with Gasteiger partial charge in [-0.05, 0) is 29.8 Å². The molecule has 1 saturated heterocycles. The number of rotatable bonds is 8. The van der Waals surface area contributed by atoms with Crippen molar-refractivity contribution in [2.45, 2.75) is 13.0 Å². The molecule has 1 unspecified atom stereocenters. The topological polar surface area (TPSA) is 67.9 Å². The normalized spacial score (nSPS) is 16.3. The summed E-state index contributed by atoms with van der Waals surface area (Å²) >= 11 is 0. The van der Waals surface area contributed by atoms with Crippen LogP contribution in [0.25, 0.3) is 0 Å². The van der Waals surface area contributed by atoms with Crippen LogP contribution in [0, 0.1) is 5.92 Å². The summed E-state index contributed by atoms with van der Waals surface area (Å²) < 4.78 is 10.8. The Morgan fingerprint density at radius 2 is 1.81 bits per heavy atom. The van der Waals surface area contributed by atoms with Crippen LogP contribution in [-0.4, -0.2) is 43.5 Å². The third-order valence-corrected chi connectivity index (χ3v) is 4.58. The summed E-state index contributed by atoms with van der Waals surface area (Å²) in [6, 6.07) is 17.0. The SMILES string of the molecule is COc1ccc(OCCN2CC(C(=O)NCc3ccccc3)CC2=O)cc1. The van der Waals surface area contributed by atoms with Gasteiger partial charge in [-0.15, -0.1) is 0 Å². The molecule has 0 radical (unpaired) electrons. The smallest absolute Gasteiger partial charge is 0.225 e. The predicted molar refractivity (Wildman–Crippen MR) is 101 cm³/mol. The summed E-state index contributed by atoms with van der Waals surface area (Å²) in [4.78, 5) is 26.2. The highest BCUT2D eigenvalue weighted by Gasteiger charge is 2.33. The molecule has 2 amide bonds. The summed E-state index contributed by atoms with van der Waals surface area (Å²) in [6.45, 7) is 1.76. The van der Waals surface area contributed by atoms with E-state index in [9.17, 15) is 9.59 Å². The van der Waals surface area contributed by atoms with Crippen molar-refractivity contribution in [3.63, 3.8) is 0 Å². The highest BCUT2D eigenvalue weighted by atomic mass is 16.5. The van der Waals surface area contributed by atoms with Crippen molar-refractivity contribution >= 4 is 11.8 Å². The molecule has 0 aromatic heterocycles. The van der Waals surface area contributed by atoms with Gasteiger partial charge in [-0.2, -0.15) is 0 Å². The Bertz CT molecular complexity index is 762. The molecule has 6 nitrogen and oxygen atoms in total. The van der Waals surface area contributed by atoms with Crippen molar-refractivity contribution in [3.05, 3.63) is 60.2 Å². The number of nitrogens with zero attached hydrogens (tertiary/aromatic N) is 1. The molecular formula is C21H24N2O4. The summed E-state index contributed by atoms with van der Waals surface area (Å²) in [7, 11) is 1.61. The number of amides is 2. The second-order valence-corrected chi connectivity index (χ2v) is 6.47. The Morgan fingerprint density at radius 3 is 2.52 bits per heavy atom. The lowest BCUT2D eigenvalue weighted by Gasteiger charge is -2.17. The predicted octanol–water partition coefficient (Wildman–Crippen LogP) is 2.24. The first-order chi connectivity index (χ1) is 13.2. The van der Waals surface area contributed by atoms with Crippen LogP contribution >= 0.6 is 0 Å². The van der Waals surface area contributed by atoms with Crippen molar-refractivity contribution in [2.75, 3.05) is 26.8 Å². The molecule has 1 aliphatic heterocycles. The molecule has 27 heavy (non-hydrogen) atoms. The fourth-order valence-corrected chi connectivity index (χ4v) is 3.04. The van der Waals surface area contributed by atoms with Crippen LogP contribution in [0.3, 0.4) is 0 Å². The van der Waals surface area contributed by atoms with Crippen LogP contribution in [0.15, 0.2) is 54.6 Å². The standard InChI is InChI=1S/C21H24N2O4/c1-26-18-7-9-19(10-8-18)27-12-11-23-15-17(13-20(23)24)21(25)22-14-16-5-3-2-4-6-16/h2-10,17H,11-15H2,1H3,(H,22,25). The molecule has 1 atom stereocenters. The van der Waals surface area contributed by atoms with Gasteiger partial charge < -0.3 is 19.7 Å². The number of nitrogens with one attached hydrogen (secondary N) is 1. The summed E-state index contributed by atoms with van der Waals surface area (Å²) in [5.74, 6) is 1.10. The largest absolute Gasteiger partial charge is 0.497 e. The first-order valence-electron chi connectivity index (χ1n) is 9.02. The van der Waals surface area contributed by atoms with Gasteiger partial charge in [-0.3, -0.25) is 9.59 Å². The van der Waals surface area contributed by atoms with E-state index in [-0.39, 0.29) is 24.2 Å². The number of carbonyl (C=O) groups is 2. The second kappa shape index (κ2) is 9.07. The summed E-state index contributed by atoms with van der Waals surface area (Å²) in [5.41, 5.74) is 1.04. The zero-order chi connectivity index (χ0) is 19.1. The van der Waals surface area contributed by atoms with Gasteiger partial charge in [0.2, 0.25) is 11.8 Å². The first kappa shape index (κ1) is 18.8. The van der Waals surface area contributed by atoms with E-state index in [1.54, 1.807) is 12.0 Å². The minimum atomic E-state index is -0.304. The number of methoxy groups -OCH3 is 1. The average Bonchev–Trinajstić information content (AvgIpc) is 3.08. The number of benzene rings is 2. The molecule has 1 heterocycles. The molecule has 0 spiro atoms. The molecule has 0 aliphatic carbocycles. The molecule has 0 bridgehead atoms. The maximum absolute atomic E-state index is 12.3. The van der Waals surface area contributed by atoms with Crippen molar-refractivity contribution in [1.82, 2.24) is 10.2 Å². The van der Waals surface area contributed by atoms with Crippen LogP contribution in [0.1, 0.15) is 12.0 Å². The van der Waals surface area contributed by atoms with Gasteiger partial charge in [0.05, 0.1) is 19.6 Å². The highest BCUT2D eigenvalue weighted by Crippen LogP contribution is 2.19. The van der Waals surface area contributed by atoms with Crippen molar-refractivity contribution in [2.24, 2.45) is 5.92 Å². The molecule has 0 saturated carbocycles. The number of ether oxygens (including phenoxy) is 2. The van der Waals surface area contributed by atoms with Gasteiger partial charge in [0.1, 0.15) is 18.1 Å². The molecule has 1 N–H and O–H groups in total. The van der Waals surface area contributed by atoms with Gasteiger partial charge in [0.25, 0.3) is 0 Å². The maximum Gasteiger partial charge on any atom is 0.225 e. The van der Waals surface area contributed by atoms with Crippen LogP contribution in [0.2, 0.25) is 0 Å². The lowest BCUT2D eigenvalue weighted by molar-refractivity contribution is -0.129. The number of likely N-dealkylation sites (tertiary alicyclic amines) is 1. The monoisotopic (exact) mass is 368 g/mol. The van der Waals surface area contributed by atoms with E-state index >= 15 is 0 Å². The third kappa shape index (κ3) is 5.23. The van der Waals surface area contributed by atoms with Crippen molar-refractivity contribution in [3.8, 4) is 11.5 Å². The fourth-order valence-electron chi connectivity index (χ4n) is 3.04.